The van der Waals surface area contributed by atoms with Gasteiger partial charge in [-0.3, -0.25) is 0 Å². The molecule has 11 heavy (non-hydrogen) atoms. The number of anilines is 1. The van der Waals surface area contributed by atoms with Crippen LogP contribution in [-0.4, -0.2) is 19.9 Å². The SMILES string of the molecule is Nc1n[13c](=S)[13c]2[15nH]cn[13c]2[nH]1. The molecule has 6 heteroatoms. The Labute approximate surface area is 66.7 Å². The second-order valence-corrected chi connectivity index (χ2v) is 2.44. The van der Waals surface area contributed by atoms with Crippen LogP contribution in [0, 0.1) is 4.64 Å². The van der Waals surface area contributed by atoms with Crippen molar-refractivity contribution in [3.05, 3.63) is 11.0 Å². The van der Waals surface area contributed by atoms with Crippen LogP contribution in [0.1, 0.15) is 0 Å². The van der Waals surface area contributed by atoms with Crippen LogP contribution in [0.4, 0.5) is 5.95 Å². The van der Waals surface area contributed by atoms with Gasteiger partial charge in [0.2, 0.25) is 5.95 Å². The highest BCUT2D eigenvalue weighted by Gasteiger charge is 1.98. The lowest BCUT2D eigenvalue weighted by Crippen LogP contribution is -1.94. The first-order valence-corrected chi connectivity index (χ1v) is 3.37. The van der Waals surface area contributed by atoms with E-state index in [-0.39, 0.29) is 5.95 Å². The summed E-state index contributed by atoms with van der Waals surface area (Å²) < 4.78 is 0.439. The molecule has 0 aliphatic heterocycles. The number of aromatic nitrogens is 4. The first kappa shape index (κ1) is 6.29. The second-order valence-electron chi connectivity index (χ2n) is 2.05. The molecule has 2 aromatic heterocycles. The summed E-state index contributed by atoms with van der Waals surface area (Å²) in [6.07, 6.45) is 1.54. The zero-order valence-corrected chi connectivity index (χ0v) is 6.27. The molecule has 56 valence electrons. The number of hydrogen-bond acceptors (Lipinski definition) is 4. The third-order valence-corrected chi connectivity index (χ3v) is 1.62. The van der Waals surface area contributed by atoms with Crippen LogP contribution in [0.5, 0.6) is 0 Å². The zero-order chi connectivity index (χ0) is 7.84. The van der Waals surface area contributed by atoms with Crippen molar-refractivity contribution in [3.8, 4) is 0 Å². The molecule has 0 aromatic carbocycles. The highest BCUT2D eigenvalue weighted by Crippen LogP contribution is 2.06. The normalized spacial score (nSPS) is 10.5. The molecule has 2 heterocycles. The van der Waals surface area contributed by atoms with E-state index in [0.29, 0.717) is 15.8 Å². The van der Waals surface area contributed by atoms with Crippen LogP contribution >= 0.6 is 12.2 Å². The third-order valence-electron chi connectivity index (χ3n) is 1.32. The summed E-state index contributed by atoms with van der Waals surface area (Å²) in [4.78, 5) is 13.4. The van der Waals surface area contributed by atoms with Crippen LogP contribution in [-0.2, 0) is 0 Å². The maximum Gasteiger partial charge on any atom is 0.200 e. The lowest BCUT2D eigenvalue weighted by atomic mass is 11.1. The maximum absolute atomic E-state index is 5.40. The summed E-state index contributed by atoms with van der Waals surface area (Å²) in [5, 5.41) is 0. The molecule has 0 saturated carbocycles. The first-order valence-electron chi connectivity index (χ1n) is 2.96. The van der Waals surface area contributed by atoms with E-state index in [1.807, 2.05) is 0 Å². The quantitative estimate of drug-likeness (QED) is 0.507. The van der Waals surface area contributed by atoms with Gasteiger partial charge < -0.3 is 15.7 Å². The molecule has 0 atom stereocenters. The minimum absolute atomic E-state index is 0.287. The van der Waals surface area contributed by atoms with Crippen molar-refractivity contribution in [3.63, 3.8) is 0 Å². The Morgan fingerprint density at radius 1 is 1.55 bits per heavy atom. The molecule has 2 rings (SSSR count). The molecule has 0 aliphatic carbocycles. The Hall–Kier alpha value is -1.43. The smallest absolute Gasteiger partial charge is 0.200 e. The lowest BCUT2D eigenvalue weighted by molar-refractivity contribution is 1.20. The number of nitrogen functional groups attached to an aromatic ring is 1. The Bertz CT molecular complexity index is 441. The molecule has 0 saturated heterocycles. The number of nitrogens with two attached hydrogens (primary N) is 1. The third kappa shape index (κ3) is 0.874. The van der Waals surface area contributed by atoms with Crippen molar-refractivity contribution in [1.82, 2.24) is 19.9 Å². The van der Waals surface area contributed by atoms with Crippen molar-refractivity contribution in [1.29, 1.82) is 0 Å². The number of H-pyrrole nitrogens is 2. The van der Waals surface area contributed by atoms with Gasteiger partial charge in [-0.1, -0.05) is 12.2 Å². The Kier molecular flexibility index (Phi) is 1.16. The highest BCUT2D eigenvalue weighted by molar-refractivity contribution is 7.71. The fourth-order valence-electron chi connectivity index (χ4n) is 0.867. The molecule has 0 radical (unpaired) electrons. The minimum atomic E-state index is 0.287. The Morgan fingerprint density at radius 3 is 3.18 bits per heavy atom. The van der Waals surface area contributed by atoms with Gasteiger partial charge in [0.15, 0.2) is 10.3 Å². The van der Waals surface area contributed by atoms with E-state index >= 15 is 0 Å². The Morgan fingerprint density at radius 2 is 2.36 bits per heavy atom. The van der Waals surface area contributed by atoms with E-state index in [2.05, 4.69) is 19.9 Å². The number of nitrogens with zero attached hydrogens (tertiary/aromatic N) is 2. The molecular formula is C5H5N5S. The number of rotatable bonds is 0. The fourth-order valence-corrected chi connectivity index (χ4v) is 1.12. The van der Waals surface area contributed by atoms with Gasteiger partial charge in [-0.2, -0.15) is 0 Å². The summed E-state index contributed by atoms with van der Waals surface area (Å²) in [5.74, 6) is 0.287. The average Bonchev–Trinajstić information content (AvgIpc) is 2.34. The molecule has 0 bridgehead atoms. The standard InChI is InChI=1S/C5H5N5S/c6-5-9-3-2(4(11)10-5)7-1-8-3/h1H,(H4,6,7,8,9,10,11)/i2+1,3+1,4+1,7+1. The van der Waals surface area contributed by atoms with Gasteiger partial charge in [0.25, 0.3) is 0 Å². The van der Waals surface area contributed by atoms with Crippen molar-refractivity contribution >= 4 is 29.3 Å². The van der Waals surface area contributed by atoms with Gasteiger partial charge in [0, 0.05) is 0 Å². The number of aromatic amines is 2. The average molecular weight is 171 g/mol. The molecule has 0 spiro atoms. The van der Waals surface area contributed by atoms with Gasteiger partial charge in [-0.05, 0) is 0 Å². The van der Waals surface area contributed by atoms with Crippen LogP contribution in [0.15, 0.2) is 6.33 Å². The molecule has 2 aromatic rings. The van der Waals surface area contributed by atoms with E-state index in [4.69, 9.17) is 18.0 Å². The van der Waals surface area contributed by atoms with Crippen molar-refractivity contribution < 1.29 is 0 Å². The van der Waals surface area contributed by atoms with E-state index in [1.165, 1.54) is 6.33 Å². The number of hydrogen-bond donors (Lipinski definition) is 3. The molecular weight excluding hydrogens is 166 g/mol. The molecule has 0 amide bonds. The highest BCUT2D eigenvalue weighted by atomic mass is 32.1. The summed E-state index contributed by atoms with van der Waals surface area (Å²) >= 11 is 4.91. The maximum atomic E-state index is 5.40. The van der Waals surface area contributed by atoms with E-state index in [9.17, 15) is 0 Å². The Balaban J connectivity index is 3.02. The van der Waals surface area contributed by atoms with Gasteiger partial charge in [0.05, 0.1) is 6.33 Å². The predicted octanol–water partition coefficient (Wildman–Crippen LogP) is 0.598. The zero-order valence-electron chi connectivity index (χ0n) is 5.46. The summed E-state index contributed by atoms with van der Waals surface area (Å²) in [6.45, 7) is 0. The first-order chi connectivity index (χ1) is 5.27. The van der Waals surface area contributed by atoms with Crippen molar-refractivity contribution in [2.24, 2.45) is 0 Å². The summed E-state index contributed by atoms with van der Waals surface area (Å²) in [5.41, 5.74) is 6.75. The largest absolute Gasteiger partial charge is 0.369 e. The molecule has 0 aliphatic rings. The monoisotopic (exact) mass is 171 g/mol. The van der Waals surface area contributed by atoms with E-state index in [0.717, 1.165) is 0 Å². The van der Waals surface area contributed by atoms with Gasteiger partial charge >= 0.3 is 0 Å². The number of nitrogens with one attached hydrogen (secondary N) is 2. The van der Waals surface area contributed by atoms with Crippen LogP contribution in [0.2, 0.25) is 0 Å². The van der Waals surface area contributed by atoms with Gasteiger partial charge in [-0.25, -0.2) is 9.97 Å². The fraction of sp³-hybridized carbons (Fsp3) is 0. The summed E-state index contributed by atoms with van der Waals surface area (Å²) in [6, 6.07) is 0. The second kappa shape index (κ2) is 2.03. The van der Waals surface area contributed by atoms with Crippen molar-refractivity contribution in [2.75, 3.05) is 5.73 Å². The minimum Gasteiger partial charge on any atom is -0.369 e. The molecule has 4 N–H and O–H groups in total. The molecule has 0 fully saturated rings. The van der Waals surface area contributed by atoms with Crippen LogP contribution < -0.4 is 5.73 Å². The van der Waals surface area contributed by atoms with Gasteiger partial charge in [0.1, 0.15) is 5.52 Å². The summed E-state index contributed by atoms with van der Waals surface area (Å²) in [7, 11) is 0. The number of fused-ring (bicyclic) bond motifs is 1. The van der Waals surface area contributed by atoms with Gasteiger partial charge in [-0.15, -0.1) is 0 Å². The predicted molar refractivity (Wildman–Crippen MR) is 43.5 cm³/mol. The topological polar surface area (TPSA) is 83.4 Å². The van der Waals surface area contributed by atoms with E-state index in [1.54, 1.807) is 0 Å². The lowest BCUT2D eigenvalue weighted by Gasteiger charge is -1.91. The van der Waals surface area contributed by atoms with Crippen molar-refractivity contribution in [2.45, 2.75) is 0 Å². The van der Waals surface area contributed by atoms with E-state index < -0.39 is 0 Å². The van der Waals surface area contributed by atoms with Crippen LogP contribution in [0.3, 0.4) is 0 Å². The molecule has 0 unspecified atom stereocenters. The van der Waals surface area contributed by atoms with Crippen LogP contribution in [0.25, 0.3) is 11.2 Å². The number of imidazole rings is 1. The molecule has 5 nitrogen and oxygen atoms in total.